The number of nitrogens with one attached hydrogen (secondary N) is 1. The minimum Gasteiger partial charge on any atom is -0.490 e. The molecule has 1 aromatic heterocycles. The molecule has 0 saturated heterocycles. The highest BCUT2D eigenvalue weighted by atomic mass is 32.1. The zero-order chi connectivity index (χ0) is 18.4. The topological polar surface area (TPSA) is 64.6 Å². The second-order valence-corrected chi connectivity index (χ2v) is 7.29. The smallest absolute Gasteiger partial charge is 0.340 e. The molecule has 0 aliphatic heterocycles. The molecule has 1 fully saturated rings. The maximum Gasteiger partial charge on any atom is 0.340 e. The lowest BCUT2D eigenvalue weighted by atomic mass is 10.1. The normalized spacial score (nSPS) is 14.2. The number of hydrogen-bond donors (Lipinski definition) is 1. The number of benzene rings is 1. The average Bonchev–Trinajstić information content (AvgIpc) is 3.32. The number of thiophene rings is 1. The SMILES string of the molecule is COC(=O)c1ccsc1NC(=O)CCc1cccc(OC2CCCC2)c1. The van der Waals surface area contributed by atoms with Crippen molar-refractivity contribution in [2.24, 2.45) is 0 Å². The summed E-state index contributed by atoms with van der Waals surface area (Å²) in [5.41, 5.74) is 1.45. The lowest BCUT2D eigenvalue weighted by Gasteiger charge is -2.13. The van der Waals surface area contributed by atoms with Gasteiger partial charge in [0.1, 0.15) is 10.8 Å². The summed E-state index contributed by atoms with van der Waals surface area (Å²) in [5.74, 6) is 0.305. The van der Waals surface area contributed by atoms with Crippen molar-refractivity contribution in [3.05, 3.63) is 46.8 Å². The van der Waals surface area contributed by atoms with Crippen molar-refractivity contribution in [2.75, 3.05) is 12.4 Å². The van der Waals surface area contributed by atoms with Gasteiger partial charge in [0.2, 0.25) is 5.91 Å². The van der Waals surface area contributed by atoms with E-state index in [4.69, 9.17) is 9.47 Å². The van der Waals surface area contributed by atoms with Gasteiger partial charge >= 0.3 is 5.97 Å². The fourth-order valence-corrected chi connectivity index (χ4v) is 3.89. The van der Waals surface area contributed by atoms with Crippen molar-refractivity contribution in [1.29, 1.82) is 0 Å². The number of carbonyl (C=O) groups excluding carboxylic acids is 2. The lowest BCUT2D eigenvalue weighted by molar-refractivity contribution is -0.116. The summed E-state index contributed by atoms with van der Waals surface area (Å²) in [6.45, 7) is 0. The number of anilines is 1. The van der Waals surface area contributed by atoms with Crippen LogP contribution >= 0.6 is 11.3 Å². The molecule has 26 heavy (non-hydrogen) atoms. The van der Waals surface area contributed by atoms with Crippen LogP contribution < -0.4 is 10.1 Å². The molecular weight excluding hydrogens is 350 g/mol. The van der Waals surface area contributed by atoms with Gasteiger partial charge in [-0.05, 0) is 61.2 Å². The van der Waals surface area contributed by atoms with Gasteiger partial charge in [0.05, 0.1) is 18.8 Å². The number of methoxy groups -OCH3 is 1. The number of carbonyl (C=O) groups is 2. The zero-order valence-corrected chi connectivity index (χ0v) is 15.6. The first kappa shape index (κ1) is 18.5. The highest BCUT2D eigenvalue weighted by Gasteiger charge is 2.17. The number of rotatable bonds is 7. The van der Waals surface area contributed by atoms with Gasteiger partial charge in [-0.15, -0.1) is 11.3 Å². The molecule has 0 spiro atoms. The first-order chi connectivity index (χ1) is 12.7. The van der Waals surface area contributed by atoms with E-state index in [2.05, 4.69) is 5.32 Å². The van der Waals surface area contributed by atoms with Gasteiger partial charge in [-0.25, -0.2) is 4.79 Å². The van der Waals surface area contributed by atoms with Crippen LogP contribution in [-0.4, -0.2) is 25.1 Å². The Morgan fingerprint density at radius 3 is 2.81 bits per heavy atom. The zero-order valence-electron chi connectivity index (χ0n) is 14.8. The van der Waals surface area contributed by atoms with E-state index >= 15 is 0 Å². The third-order valence-corrected chi connectivity index (χ3v) is 5.30. The van der Waals surface area contributed by atoms with Crippen LogP contribution in [0.2, 0.25) is 0 Å². The van der Waals surface area contributed by atoms with Gasteiger partial charge < -0.3 is 14.8 Å². The van der Waals surface area contributed by atoms with Gasteiger partial charge in [0, 0.05) is 6.42 Å². The van der Waals surface area contributed by atoms with Crippen LogP contribution in [0.5, 0.6) is 5.75 Å². The molecule has 0 atom stereocenters. The predicted octanol–water partition coefficient (Wildman–Crippen LogP) is 4.43. The fraction of sp³-hybridized carbons (Fsp3) is 0.400. The largest absolute Gasteiger partial charge is 0.490 e. The standard InChI is InChI=1S/C20H23NO4S/c1-24-20(23)17-11-12-26-19(17)21-18(22)10-9-14-5-4-8-16(13-14)25-15-6-2-3-7-15/h4-5,8,11-13,15H,2-3,6-7,9-10H2,1H3,(H,21,22). The van der Waals surface area contributed by atoms with Crippen LogP contribution in [-0.2, 0) is 16.0 Å². The number of aryl methyl sites for hydroxylation is 1. The molecule has 6 heteroatoms. The lowest BCUT2D eigenvalue weighted by Crippen LogP contribution is -2.14. The molecule has 3 rings (SSSR count). The van der Waals surface area contributed by atoms with Gasteiger partial charge in [0.25, 0.3) is 0 Å². The van der Waals surface area contributed by atoms with Crippen molar-refractivity contribution >= 4 is 28.2 Å². The summed E-state index contributed by atoms with van der Waals surface area (Å²) in [7, 11) is 1.33. The van der Waals surface area contributed by atoms with E-state index in [9.17, 15) is 9.59 Å². The molecule has 1 amide bonds. The minimum absolute atomic E-state index is 0.125. The monoisotopic (exact) mass is 373 g/mol. The Labute approximate surface area is 157 Å². The molecule has 5 nitrogen and oxygen atoms in total. The summed E-state index contributed by atoms with van der Waals surface area (Å²) >= 11 is 1.31. The fourth-order valence-electron chi connectivity index (χ4n) is 3.10. The minimum atomic E-state index is -0.446. The summed E-state index contributed by atoms with van der Waals surface area (Å²) in [5, 5.41) is 5.08. The van der Waals surface area contributed by atoms with E-state index in [0.29, 0.717) is 29.5 Å². The Balaban J connectivity index is 1.53. The van der Waals surface area contributed by atoms with Crippen LogP contribution in [0.3, 0.4) is 0 Å². The van der Waals surface area contributed by atoms with Crippen LogP contribution in [0.15, 0.2) is 35.7 Å². The van der Waals surface area contributed by atoms with Gasteiger partial charge in [-0.3, -0.25) is 4.79 Å². The van der Waals surface area contributed by atoms with Gasteiger partial charge in [-0.1, -0.05) is 12.1 Å². The number of esters is 1. The van der Waals surface area contributed by atoms with Gasteiger partial charge in [0.15, 0.2) is 0 Å². The molecule has 1 aliphatic rings. The second-order valence-electron chi connectivity index (χ2n) is 6.37. The van der Waals surface area contributed by atoms with Crippen molar-refractivity contribution < 1.29 is 19.1 Å². The van der Waals surface area contributed by atoms with Crippen molar-refractivity contribution in [1.82, 2.24) is 0 Å². The molecule has 1 N–H and O–H groups in total. The molecule has 0 bridgehead atoms. The van der Waals surface area contributed by atoms with Crippen molar-refractivity contribution in [3.63, 3.8) is 0 Å². The van der Waals surface area contributed by atoms with E-state index < -0.39 is 5.97 Å². The second kappa shape index (κ2) is 8.85. The van der Waals surface area contributed by atoms with Crippen molar-refractivity contribution in [3.8, 4) is 5.75 Å². The van der Waals surface area contributed by atoms with Crippen LogP contribution in [0.1, 0.15) is 48.0 Å². The highest BCUT2D eigenvalue weighted by Crippen LogP contribution is 2.26. The maximum atomic E-state index is 12.2. The van der Waals surface area contributed by atoms with E-state index in [1.54, 1.807) is 11.4 Å². The van der Waals surface area contributed by atoms with Gasteiger partial charge in [-0.2, -0.15) is 0 Å². The predicted molar refractivity (Wildman–Crippen MR) is 102 cm³/mol. The molecule has 1 aliphatic carbocycles. The average molecular weight is 373 g/mol. The third kappa shape index (κ3) is 4.85. The Morgan fingerprint density at radius 2 is 2.04 bits per heavy atom. The molecule has 1 saturated carbocycles. The van der Waals surface area contributed by atoms with Crippen LogP contribution in [0, 0.1) is 0 Å². The Kier molecular flexibility index (Phi) is 6.28. The molecule has 2 aromatic rings. The quantitative estimate of drug-likeness (QED) is 0.729. The molecule has 138 valence electrons. The number of hydrogen-bond acceptors (Lipinski definition) is 5. The van der Waals surface area contributed by atoms with E-state index in [1.807, 2.05) is 24.3 Å². The highest BCUT2D eigenvalue weighted by molar-refractivity contribution is 7.14. The Morgan fingerprint density at radius 1 is 1.23 bits per heavy atom. The summed E-state index contributed by atoms with van der Waals surface area (Å²) in [6.07, 6.45) is 6.00. The van der Waals surface area contributed by atoms with Crippen LogP contribution in [0.25, 0.3) is 0 Å². The first-order valence-electron chi connectivity index (χ1n) is 8.87. The first-order valence-corrected chi connectivity index (χ1v) is 9.75. The molecule has 0 radical (unpaired) electrons. The third-order valence-electron chi connectivity index (χ3n) is 4.47. The summed E-state index contributed by atoms with van der Waals surface area (Å²) in [4.78, 5) is 23.9. The number of amides is 1. The van der Waals surface area contributed by atoms with Crippen LogP contribution in [0.4, 0.5) is 5.00 Å². The van der Waals surface area contributed by atoms with E-state index in [-0.39, 0.29) is 5.91 Å². The molecule has 1 aromatic carbocycles. The molecule has 1 heterocycles. The summed E-state index contributed by atoms with van der Waals surface area (Å²) in [6, 6.07) is 9.59. The van der Waals surface area contributed by atoms with E-state index in [0.717, 1.165) is 24.2 Å². The molecule has 0 unspecified atom stereocenters. The summed E-state index contributed by atoms with van der Waals surface area (Å²) < 4.78 is 10.7. The Hall–Kier alpha value is -2.34. The van der Waals surface area contributed by atoms with Crippen molar-refractivity contribution in [2.45, 2.75) is 44.6 Å². The Bertz CT molecular complexity index is 765. The molecular formula is C20H23NO4S. The van der Waals surface area contributed by atoms with E-state index in [1.165, 1.54) is 31.3 Å². The maximum absolute atomic E-state index is 12.2. The number of ether oxygens (including phenoxy) is 2.